The number of hydrogen-bond donors (Lipinski definition) is 2. The van der Waals surface area contributed by atoms with Gasteiger partial charge in [-0.25, -0.2) is 4.79 Å². The lowest BCUT2D eigenvalue weighted by molar-refractivity contribution is 0.179. The third-order valence-electron chi connectivity index (χ3n) is 3.37. The molecule has 1 fully saturated rings. The molecule has 0 saturated carbocycles. The van der Waals surface area contributed by atoms with E-state index in [1.165, 1.54) is 0 Å². The summed E-state index contributed by atoms with van der Waals surface area (Å²) in [6.45, 7) is 4.46. The van der Waals surface area contributed by atoms with Crippen molar-refractivity contribution in [1.29, 1.82) is 0 Å². The maximum absolute atomic E-state index is 12.0. The van der Waals surface area contributed by atoms with E-state index >= 15 is 0 Å². The fourth-order valence-corrected chi connectivity index (χ4v) is 2.29. The minimum atomic E-state index is 0.0524. The lowest BCUT2D eigenvalue weighted by Gasteiger charge is -2.31. The van der Waals surface area contributed by atoms with Crippen LogP contribution in [0, 0.1) is 0 Å². The maximum Gasteiger partial charge on any atom is 0.317 e. The predicted molar refractivity (Wildman–Crippen MR) is 68.2 cm³/mol. The Labute approximate surface area is 107 Å². The van der Waals surface area contributed by atoms with Gasteiger partial charge in [0.05, 0.1) is 11.9 Å². The molecular formula is C12H21N5O. The molecule has 0 radical (unpaired) electrons. The smallest absolute Gasteiger partial charge is 0.317 e. The second-order valence-electron chi connectivity index (χ2n) is 4.77. The van der Waals surface area contributed by atoms with Crippen molar-refractivity contribution >= 4 is 6.03 Å². The first kappa shape index (κ1) is 12.9. The number of urea groups is 1. The molecule has 0 spiro atoms. The van der Waals surface area contributed by atoms with Crippen molar-refractivity contribution < 1.29 is 4.79 Å². The van der Waals surface area contributed by atoms with Crippen LogP contribution in [-0.2, 0) is 0 Å². The van der Waals surface area contributed by atoms with Gasteiger partial charge in [-0.2, -0.15) is 15.4 Å². The number of hydrogen-bond acceptors (Lipinski definition) is 3. The molecule has 18 heavy (non-hydrogen) atoms. The number of aromatic nitrogens is 3. The highest BCUT2D eigenvalue weighted by Crippen LogP contribution is 2.24. The SMILES string of the molecule is CCCCNC(=O)N1CCCC(c2cn[nH]n2)C1. The summed E-state index contributed by atoms with van der Waals surface area (Å²) in [5.41, 5.74) is 0.959. The maximum atomic E-state index is 12.0. The number of carbonyl (C=O) groups is 1. The van der Waals surface area contributed by atoms with Crippen LogP contribution in [-0.4, -0.2) is 46.0 Å². The Kier molecular flexibility index (Phi) is 4.55. The van der Waals surface area contributed by atoms with Crippen molar-refractivity contribution in [2.24, 2.45) is 0 Å². The van der Waals surface area contributed by atoms with Crippen molar-refractivity contribution in [2.75, 3.05) is 19.6 Å². The number of H-pyrrole nitrogens is 1. The number of aromatic amines is 1. The first-order valence-corrected chi connectivity index (χ1v) is 6.69. The van der Waals surface area contributed by atoms with Crippen LogP contribution in [0.3, 0.4) is 0 Å². The molecule has 0 bridgehead atoms. The molecule has 2 rings (SSSR count). The minimum absolute atomic E-state index is 0.0524. The molecule has 1 saturated heterocycles. The number of likely N-dealkylation sites (tertiary alicyclic amines) is 1. The molecule has 6 heteroatoms. The van der Waals surface area contributed by atoms with Gasteiger partial charge in [0.25, 0.3) is 0 Å². The van der Waals surface area contributed by atoms with Crippen molar-refractivity contribution in [3.63, 3.8) is 0 Å². The summed E-state index contributed by atoms with van der Waals surface area (Å²) in [6.07, 6.45) is 5.99. The highest BCUT2D eigenvalue weighted by Gasteiger charge is 2.25. The number of piperidine rings is 1. The minimum Gasteiger partial charge on any atom is -0.338 e. The molecule has 1 aromatic rings. The van der Waals surface area contributed by atoms with Gasteiger partial charge in [-0.15, -0.1) is 0 Å². The molecule has 6 nitrogen and oxygen atoms in total. The van der Waals surface area contributed by atoms with Crippen molar-refractivity contribution in [1.82, 2.24) is 25.6 Å². The summed E-state index contributed by atoms with van der Waals surface area (Å²) < 4.78 is 0. The zero-order chi connectivity index (χ0) is 12.8. The first-order chi connectivity index (χ1) is 8.81. The molecule has 100 valence electrons. The molecule has 0 aromatic carbocycles. The van der Waals surface area contributed by atoms with Crippen molar-refractivity contribution in [2.45, 2.75) is 38.5 Å². The van der Waals surface area contributed by atoms with Gasteiger partial charge in [-0.1, -0.05) is 13.3 Å². The van der Waals surface area contributed by atoms with E-state index in [1.807, 2.05) is 4.90 Å². The van der Waals surface area contributed by atoms with Gasteiger partial charge in [0, 0.05) is 25.6 Å². The number of nitrogens with one attached hydrogen (secondary N) is 2. The molecule has 2 amide bonds. The van der Waals surface area contributed by atoms with E-state index in [-0.39, 0.29) is 6.03 Å². The van der Waals surface area contributed by atoms with Crippen LogP contribution in [0.2, 0.25) is 0 Å². The number of rotatable bonds is 4. The number of nitrogens with zero attached hydrogens (tertiary/aromatic N) is 3. The van der Waals surface area contributed by atoms with Crippen LogP contribution in [0.25, 0.3) is 0 Å². The van der Waals surface area contributed by atoms with Gasteiger partial charge >= 0.3 is 6.03 Å². The summed E-state index contributed by atoms with van der Waals surface area (Å²) in [6, 6.07) is 0.0524. The zero-order valence-corrected chi connectivity index (χ0v) is 10.9. The van der Waals surface area contributed by atoms with Gasteiger partial charge in [-0.3, -0.25) is 0 Å². The molecule has 2 N–H and O–H groups in total. The average molecular weight is 251 g/mol. The fourth-order valence-electron chi connectivity index (χ4n) is 2.29. The Bertz CT molecular complexity index is 365. The summed E-state index contributed by atoms with van der Waals surface area (Å²) >= 11 is 0. The Morgan fingerprint density at radius 3 is 3.28 bits per heavy atom. The van der Waals surface area contributed by atoms with Crippen LogP contribution < -0.4 is 5.32 Å². The first-order valence-electron chi connectivity index (χ1n) is 6.69. The Morgan fingerprint density at radius 2 is 2.56 bits per heavy atom. The Morgan fingerprint density at radius 1 is 1.67 bits per heavy atom. The lowest BCUT2D eigenvalue weighted by atomic mass is 9.95. The summed E-state index contributed by atoms with van der Waals surface area (Å²) in [5.74, 6) is 0.314. The summed E-state index contributed by atoms with van der Waals surface area (Å²) in [4.78, 5) is 13.8. The zero-order valence-electron chi connectivity index (χ0n) is 10.9. The molecule has 1 atom stereocenters. The van der Waals surface area contributed by atoms with Crippen LogP contribution in [0.4, 0.5) is 4.79 Å². The summed E-state index contributed by atoms with van der Waals surface area (Å²) in [5, 5.41) is 13.5. The standard InChI is InChI=1S/C12H21N5O/c1-2-3-6-13-12(18)17-7-4-5-10(9-17)11-8-14-16-15-11/h8,10H,2-7,9H2,1H3,(H,13,18)(H,14,15,16). The monoisotopic (exact) mass is 251 g/mol. The predicted octanol–water partition coefficient (Wildman–Crippen LogP) is 1.49. The van der Waals surface area contributed by atoms with Crippen LogP contribution in [0.1, 0.15) is 44.2 Å². The van der Waals surface area contributed by atoms with Crippen LogP contribution in [0.15, 0.2) is 6.20 Å². The highest BCUT2D eigenvalue weighted by molar-refractivity contribution is 5.74. The van der Waals surface area contributed by atoms with E-state index < -0.39 is 0 Å². The number of carbonyl (C=O) groups excluding carboxylic acids is 1. The Hall–Kier alpha value is -1.59. The second-order valence-corrected chi connectivity index (χ2v) is 4.77. The average Bonchev–Trinajstić information content (AvgIpc) is 2.93. The summed E-state index contributed by atoms with van der Waals surface area (Å²) in [7, 11) is 0. The van der Waals surface area contributed by atoms with Crippen molar-refractivity contribution in [3.05, 3.63) is 11.9 Å². The third kappa shape index (κ3) is 3.21. The van der Waals surface area contributed by atoms with Gasteiger partial charge < -0.3 is 10.2 Å². The van der Waals surface area contributed by atoms with Crippen LogP contribution >= 0.6 is 0 Å². The molecule has 2 heterocycles. The van der Waals surface area contributed by atoms with Gasteiger partial charge in [0.1, 0.15) is 0 Å². The van der Waals surface area contributed by atoms with E-state index in [0.717, 1.165) is 51.0 Å². The largest absolute Gasteiger partial charge is 0.338 e. The third-order valence-corrected chi connectivity index (χ3v) is 3.37. The van der Waals surface area contributed by atoms with E-state index in [1.54, 1.807) is 6.20 Å². The molecule has 1 aromatic heterocycles. The Balaban J connectivity index is 1.84. The molecule has 1 unspecified atom stereocenters. The lowest BCUT2D eigenvalue weighted by Crippen LogP contribution is -2.45. The quantitative estimate of drug-likeness (QED) is 0.796. The molecule has 0 aliphatic carbocycles. The van der Waals surface area contributed by atoms with E-state index in [2.05, 4.69) is 27.7 Å². The van der Waals surface area contributed by atoms with E-state index in [4.69, 9.17) is 0 Å². The van der Waals surface area contributed by atoms with Gasteiger partial charge in [0.2, 0.25) is 0 Å². The second kappa shape index (κ2) is 6.37. The molecule has 1 aliphatic heterocycles. The molecule has 1 aliphatic rings. The molecular weight excluding hydrogens is 230 g/mol. The topological polar surface area (TPSA) is 73.9 Å². The normalized spacial score (nSPS) is 19.8. The van der Waals surface area contributed by atoms with Gasteiger partial charge in [0.15, 0.2) is 0 Å². The van der Waals surface area contributed by atoms with Gasteiger partial charge in [-0.05, 0) is 19.3 Å². The van der Waals surface area contributed by atoms with E-state index in [9.17, 15) is 4.79 Å². The van der Waals surface area contributed by atoms with Crippen LogP contribution in [0.5, 0.6) is 0 Å². The number of unbranched alkanes of at least 4 members (excludes halogenated alkanes) is 1. The van der Waals surface area contributed by atoms with Crippen molar-refractivity contribution in [3.8, 4) is 0 Å². The highest BCUT2D eigenvalue weighted by atomic mass is 16.2. The van der Waals surface area contributed by atoms with E-state index in [0.29, 0.717) is 5.92 Å². The fraction of sp³-hybridized carbons (Fsp3) is 0.750. The number of amides is 2.